The highest BCUT2D eigenvalue weighted by molar-refractivity contribution is 6.25. The molecule has 38 heavy (non-hydrogen) atoms. The van der Waals surface area contributed by atoms with Gasteiger partial charge in [-0.1, -0.05) is 66.7 Å². The van der Waals surface area contributed by atoms with E-state index in [0.29, 0.717) is 33.3 Å². The van der Waals surface area contributed by atoms with Gasteiger partial charge in [0.2, 0.25) is 11.8 Å². The second-order valence-electron chi connectivity index (χ2n) is 9.44. The van der Waals surface area contributed by atoms with Gasteiger partial charge in [0.1, 0.15) is 12.1 Å². The first-order chi connectivity index (χ1) is 18.3. The van der Waals surface area contributed by atoms with E-state index < -0.39 is 35.8 Å². The van der Waals surface area contributed by atoms with Crippen molar-refractivity contribution >= 4 is 34.4 Å². The summed E-state index contributed by atoms with van der Waals surface area (Å²) in [5.74, 6) is -1.60. The number of carbonyl (C=O) groups excluding carboxylic acids is 4. The summed E-state index contributed by atoms with van der Waals surface area (Å²) in [6, 6.07) is 18.9. The number of nitrogens with two attached hydrogens (primary N) is 1. The van der Waals surface area contributed by atoms with Gasteiger partial charge < -0.3 is 16.4 Å². The number of nitrogens with zero attached hydrogens (tertiary/aromatic N) is 2. The van der Waals surface area contributed by atoms with Gasteiger partial charge in [-0.25, -0.2) is 0 Å². The SMILES string of the molecule is C[C@H](N)C(=O)N[C@@H](C)C(=O)NC(Cc1ccccc1)C(=O)n1nc2cccc3c2c1-c1ccccc1C3=O. The van der Waals surface area contributed by atoms with E-state index in [1.807, 2.05) is 30.3 Å². The summed E-state index contributed by atoms with van der Waals surface area (Å²) in [5, 5.41) is 10.5. The van der Waals surface area contributed by atoms with Crippen LogP contribution in [0.25, 0.3) is 22.2 Å². The lowest BCUT2D eigenvalue weighted by Crippen LogP contribution is -2.54. The highest BCUT2D eigenvalue weighted by atomic mass is 16.2. The third-order valence-corrected chi connectivity index (χ3v) is 6.64. The fraction of sp³-hybridized carbons (Fsp3) is 0.207. The number of hydrogen-bond acceptors (Lipinski definition) is 6. The zero-order valence-electron chi connectivity index (χ0n) is 21.0. The lowest BCUT2D eigenvalue weighted by atomic mass is 9.87. The molecule has 3 aromatic carbocycles. The van der Waals surface area contributed by atoms with Gasteiger partial charge >= 0.3 is 0 Å². The lowest BCUT2D eigenvalue weighted by Gasteiger charge is -2.23. The van der Waals surface area contributed by atoms with E-state index in [1.165, 1.54) is 18.5 Å². The Hall–Kier alpha value is -4.63. The number of carbonyl (C=O) groups is 4. The maximum Gasteiger partial charge on any atom is 0.270 e. The van der Waals surface area contributed by atoms with Gasteiger partial charge in [-0.15, -0.1) is 0 Å². The number of benzene rings is 3. The van der Waals surface area contributed by atoms with Crippen LogP contribution < -0.4 is 16.4 Å². The van der Waals surface area contributed by atoms with Crippen LogP contribution in [0.15, 0.2) is 72.8 Å². The molecule has 2 amide bonds. The van der Waals surface area contributed by atoms with Gasteiger partial charge in [0.25, 0.3) is 5.91 Å². The second-order valence-corrected chi connectivity index (χ2v) is 9.44. The Labute approximate surface area is 219 Å². The van der Waals surface area contributed by atoms with Crippen molar-refractivity contribution in [1.82, 2.24) is 20.4 Å². The summed E-state index contributed by atoms with van der Waals surface area (Å²) in [6.07, 6.45) is 0.197. The Morgan fingerprint density at radius 2 is 1.50 bits per heavy atom. The first-order valence-corrected chi connectivity index (χ1v) is 12.4. The maximum absolute atomic E-state index is 14.1. The minimum Gasteiger partial charge on any atom is -0.343 e. The Bertz CT molecular complexity index is 1570. The molecule has 1 unspecified atom stereocenters. The fourth-order valence-corrected chi connectivity index (χ4v) is 4.67. The quantitative estimate of drug-likeness (QED) is 0.308. The average molecular weight is 510 g/mol. The van der Waals surface area contributed by atoms with Crippen molar-refractivity contribution in [1.29, 1.82) is 0 Å². The highest BCUT2D eigenvalue weighted by Crippen LogP contribution is 2.39. The van der Waals surface area contributed by atoms with Crippen molar-refractivity contribution in [3.05, 3.63) is 89.5 Å². The first-order valence-electron chi connectivity index (χ1n) is 12.4. The summed E-state index contributed by atoms with van der Waals surface area (Å²) >= 11 is 0. The number of nitrogens with one attached hydrogen (secondary N) is 2. The minimum atomic E-state index is -1.00. The third kappa shape index (κ3) is 4.48. The second kappa shape index (κ2) is 10.0. The Morgan fingerprint density at radius 3 is 2.21 bits per heavy atom. The standard InChI is InChI=1S/C29H27N5O4/c1-16(30)27(36)31-17(2)28(37)32-23(15-18-9-4-3-5-10-18)29(38)34-25-19-11-6-7-12-20(19)26(35)21-13-8-14-22(33-34)24(21)25/h3-14,16-17,23H,15,30H2,1-2H3,(H,31,36)(H,32,37)/t16-,17-,23?/m0/s1. The predicted octanol–water partition coefficient (Wildman–Crippen LogP) is 2.47. The minimum absolute atomic E-state index is 0.126. The van der Waals surface area contributed by atoms with E-state index in [1.54, 1.807) is 42.5 Å². The largest absolute Gasteiger partial charge is 0.343 e. The van der Waals surface area contributed by atoms with E-state index in [0.717, 1.165) is 5.56 Å². The van der Waals surface area contributed by atoms with Gasteiger partial charge in [0.15, 0.2) is 5.78 Å². The molecule has 0 radical (unpaired) electrons. The van der Waals surface area contributed by atoms with Crippen LogP contribution in [0.3, 0.4) is 0 Å². The van der Waals surface area contributed by atoms with Crippen LogP contribution >= 0.6 is 0 Å². The van der Waals surface area contributed by atoms with Crippen LogP contribution in [0.2, 0.25) is 0 Å². The summed E-state index contributed by atoms with van der Waals surface area (Å²) in [4.78, 5) is 52.4. The normalized spacial score (nSPS) is 14.3. The molecule has 9 heteroatoms. The molecule has 0 aliphatic heterocycles. The third-order valence-electron chi connectivity index (χ3n) is 6.64. The molecule has 1 aliphatic carbocycles. The predicted molar refractivity (Wildman–Crippen MR) is 143 cm³/mol. The fourth-order valence-electron chi connectivity index (χ4n) is 4.67. The van der Waals surface area contributed by atoms with Crippen molar-refractivity contribution in [2.45, 2.75) is 38.4 Å². The molecule has 3 atom stereocenters. The van der Waals surface area contributed by atoms with Crippen molar-refractivity contribution < 1.29 is 19.2 Å². The molecule has 0 saturated carbocycles. The lowest BCUT2D eigenvalue weighted by molar-refractivity contribution is -0.129. The zero-order chi connectivity index (χ0) is 27.0. The number of fused-ring (bicyclic) bond motifs is 2. The molecule has 0 fully saturated rings. The molecule has 9 nitrogen and oxygen atoms in total. The van der Waals surface area contributed by atoms with E-state index >= 15 is 0 Å². The number of amides is 2. The average Bonchev–Trinajstić information content (AvgIpc) is 3.31. The summed E-state index contributed by atoms with van der Waals surface area (Å²) < 4.78 is 1.29. The number of ketones is 1. The van der Waals surface area contributed by atoms with Crippen molar-refractivity contribution in [2.24, 2.45) is 5.73 Å². The van der Waals surface area contributed by atoms with Gasteiger partial charge in [0.05, 0.1) is 17.3 Å². The van der Waals surface area contributed by atoms with Crippen LogP contribution in [0.5, 0.6) is 0 Å². The highest BCUT2D eigenvalue weighted by Gasteiger charge is 2.34. The molecule has 5 rings (SSSR count). The van der Waals surface area contributed by atoms with Crippen LogP contribution in [0, 0.1) is 0 Å². The molecule has 1 heterocycles. The van der Waals surface area contributed by atoms with E-state index in [2.05, 4.69) is 15.7 Å². The van der Waals surface area contributed by atoms with Crippen LogP contribution in [-0.2, 0) is 16.0 Å². The smallest absolute Gasteiger partial charge is 0.270 e. The molecular formula is C29H27N5O4. The Morgan fingerprint density at radius 1 is 0.842 bits per heavy atom. The number of aromatic nitrogens is 2. The van der Waals surface area contributed by atoms with Crippen molar-refractivity contribution in [2.75, 3.05) is 0 Å². The molecule has 4 aromatic rings. The van der Waals surface area contributed by atoms with E-state index in [9.17, 15) is 19.2 Å². The molecular weight excluding hydrogens is 482 g/mol. The monoisotopic (exact) mass is 509 g/mol. The summed E-state index contributed by atoms with van der Waals surface area (Å²) in [5.41, 5.74) is 9.04. The summed E-state index contributed by atoms with van der Waals surface area (Å²) in [6.45, 7) is 3.05. The zero-order valence-corrected chi connectivity index (χ0v) is 21.0. The van der Waals surface area contributed by atoms with Crippen LogP contribution in [0.1, 0.15) is 40.1 Å². The van der Waals surface area contributed by atoms with Gasteiger partial charge in [-0.05, 0) is 25.5 Å². The van der Waals surface area contributed by atoms with Crippen LogP contribution in [0.4, 0.5) is 0 Å². The molecule has 0 spiro atoms. The number of hydrogen-bond donors (Lipinski definition) is 3. The first kappa shape index (κ1) is 25.0. The van der Waals surface area contributed by atoms with E-state index in [-0.39, 0.29) is 12.2 Å². The number of rotatable bonds is 7. The van der Waals surface area contributed by atoms with Gasteiger partial charge in [-0.2, -0.15) is 9.78 Å². The molecule has 1 aliphatic rings. The molecule has 4 N–H and O–H groups in total. The summed E-state index contributed by atoms with van der Waals surface area (Å²) in [7, 11) is 0. The van der Waals surface area contributed by atoms with Crippen molar-refractivity contribution in [3.8, 4) is 11.3 Å². The molecule has 0 saturated heterocycles. The topological polar surface area (TPSA) is 136 Å². The van der Waals surface area contributed by atoms with E-state index in [4.69, 9.17) is 5.73 Å². The maximum atomic E-state index is 14.1. The molecule has 192 valence electrons. The Balaban J connectivity index is 1.56. The molecule has 1 aromatic heterocycles. The van der Waals surface area contributed by atoms with Gasteiger partial charge in [0, 0.05) is 28.5 Å². The Kier molecular flexibility index (Phi) is 6.61. The van der Waals surface area contributed by atoms with Crippen LogP contribution in [-0.4, -0.2) is 51.4 Å². The molecule has 0 bridgehead atoms. The van der Waals surface area contributed by atoms with Gasteiger partial charge in [-0.3, -0.25) is 19.2 Å². The van der Waals surface area contributed by atoms with Crippen molar-refractivity contribution in [3.63, 3.8) is 0 Å².